The van der Waals surface area contributed by atoms with Crippen LogP contribution in [0.15, 0.2) is 47.4 Å². The molecule has 1 aliphatic rings. The first kappa shape index (κ1) is 23.1. The molecule has 1 N–H and O–H groups in total. The molecule has 166 valence electrons. The molecule has 31 heavy (non-hydrogen) atoms. The molecule has 0 atom stereocenters. The first-order valence-corrected chi connectivity index (χ1v) is 11.5. The summed E-state index contributed by atoms with van der Waals surface area (Å²) in [5, 5.41) is 3.14. The second-order valence-corrected chi connectivity index (χ2v) is 9.88. The highest BCUT2D eigenvalue weighted by Gasteiger charge is 2.25. The van der Waals surface area contributed by atoms with Gasteiger partial charge in [-0.3, -0.25) is 4.79 Å². The molecule has 2 aromatic carbocycles. The zero-order valence-electron chi connectivity index (χ0n) is 17.3. The zero-order valence-corrected chi connectivity index (χ0v) is 18.9. The van der Waals surface area contributed by atoms with Gasteiger partial charge in [0.05, 0.1) is 16.1 Å². The van der Waals surface area contributed by atoms with Gasteiger partial charge in [-0.2, -0.15) is 0 Å². The Morgan fingerprint density at radius 3 is 2.35 bits per heavy atom. The van der Waals surface area contributed by atoms with E-state index in [0.717, 1.165) is 30.2 Å². The Balaban J connectivity index is 1.78. The van der Waals surface area contributed by atoms with Crippen LogP contribution < -0.4 is 10.2 Å². The Morgan fingerprint density at radius 2 is 1.74 bits per heavy atom. The molecule has 0 aliphatic carbocycles. The van der Waals surface area contributed by atoms with E-state index in [0.29, 0.717) is 16.4 Å². The van der Waals surface area contributed by atoms with Gasteiger partial charge < -0.3 is 15.0 Å². The summed E-state index contributed by atoms with van der Waals surface area (Å²) >= 11 is 5.82. The van der Waals surface area contributed by atoms with Crippen LogP contribution >= 0.6 is 11.6 Å². The van der Waals surface area contributed by atoms with E-state index in [9.17, 15) is 18.0 Å². The number of benzene rings is 2. The quantitative estimate of drug-likeness (QED) is 0.631. The van der Waals surface area contributed by atoms with Crippen molar-refractivity contribution in [3.8, 4) is 0 Å². The van der Waals surface area contributed by atoms with Gasteiger partial charge in [-0.15, -0.1) is 0 Å². The maximum absolute atomic E-state index is 12.8. The van der Waals surface area contributed by atoms with E-state index in [1.165, 1.54) is 26.2 Å². The van der Waals surface area contributed by atoms with E-state index < -0.39 is 28.5 Å². The van der Waals surface area contributed by atoms with Crippen LogP contribution in [0.1, 0.15) is 23.2 Å². The van der Waals surface area contributed by atoms with E-state index >= 15 is 0 Å². The van der Waals surface area contributed by atoms with Crippen molar-refractivity contribution in [1.29, 1.82) is 0 Å². The second-order valence-electron chi connectivity index (χ2n) is 7.29. The number of anilines is 2. The average molecular weight is 466 g/mol. The normalized spacial score (nSPS) is 14.0. The number of carbonyl (C=O) groups excluding carboxylic acids is 2. The minimum absolute atomic E-state index is 0.0157. The van der Waals surface area contributed by atoms with Crippen molar-refractivity contribution in [2.24, 2.45) is 0 Å². The third-order valence-electron chi connectivity index (χ3n) is 4.88. The minimum atomic E-state index is -3.73. The van der Waals surface area contributed by atoms with Crippen molar-refractivity contribution in [3.05, 3.63) is 53.1 Å². The van der Waals surface area contributed by atoms with Crippen molar-refractivity contribution in [3.63, 3.8) is 0 Å². The van der Waals surface area contributed by atoms with Crippen LogP contribution in [-0.4, -0.2) is 58.4 Å². The number of nitrogens with zero attached hydrogens (tertiary/aromatic N) is 2. The summed E-state index contributed by atoms with van der Waals surface area (Å²) in [7, 11) is -0.893. The Labute approximate surface area is 186 Å². The molecule has 8 nitrogen and oxygen atoms in total. The van der Waals surface area contributed by atoms with Crippen molar-refractivity contribution < 1.29 is 22.7 Å². The van der Waals surface area contributed by atoms with Crippen LogP contribution in [0.2, 0.25) is 5.02 Å². The number of hydrogen-bond donors (Lipinski definition) is 1. The van der Waals surface area contributed by atoms with Gasteiger partial charge in [-0.25, -0.2) is 17.5 Å². The van der Waals surface area contributed by atoms with E-state index in [1.807, 2.05) is 4.90 Å². The highest BCUT2D eigenvalue weighted by molar-refractivity contribution is 7.89. The molecule has 1 fully saturated rings. The lowest BCUT2D eigenvalue weighted by molar-refractivity contribution is -0.119. The Kier molecular flexibility index (Phi) is 7.19. The van der Waals surface area contributed by atoms with Crippen molar-refractivity contribution in [1.82, 2.24) is 4.31 Å². The van der Waals surface area contributed by atoms with Gasteiger partial charge in [-0.1, -0.05) is 11.6 Å². The summed E-state index contributed by atoms with van der Waals surface area (Å²) in [6.45, 7) is 1.01. The molecule has 10 heteroatoms. The van der Waals surface area contributed by atoms with Gasteiger partial charge in [0.2, 0.25) is 10.0 Å². The fraction of sp³-hybridized carbons (Fsp3) is 0.333. The zero-order chi connectivity index (χ0) is 22.6. The number of esters is 1. The second kappa shape index (κ2) is 9.67. The smallest absolute Gasteiger partial charge is 0.340 e. The molecule has 0 radical (unpaired) electrons. The van der Waals surface area contributed by atoms with Crippen molar-refractivity contribution in [2.45, 2.75) is 17.7 Å². The fourth-order valence-electron chi connectivity index (χ4n) is 3.22. The van der Waals surface area contributed by atoms with Gasteiger partial charge in [-0.05, 0) is 55.3 Å². The Hall–Kier alpha value is -2.62. The number of rotatable bonds is 7. The fourth-order valence-corrected chi connectivity index (χ4v) is 4.28. The molecule has 0 spiro atoms. The summed E-state index contributed by atoms with van der Waals surface area (Å²) in [6, 6.07) is 10.9. The van der Waals surface area contributed by atoms with Gasteiger partial charge in [0, 0.05) is 37.9 Å². The molecule has 1 heterocycles. The molecule has 0 unspecified atom stereocenters. The molecule has 0 saturated carbocycles. The highest BCUT2D eigenvalue weighted by Crippen LogP contribution is 2.28. The van der Waals surface area contributed by atoms with Crippen LogP contribution in [0.5, 0.6) is 0 Å². The summed E-state index contributed by atoms with van der Waals surface area (Å²) in [5.74, 6) is -1.28. The molecular weight excluding hydrogens is 442 g/mol. The summed E-state index contributed by atoms with van der Waals surface area (Å²) in [6.07, 6.45) is 1.96. The van der Waals surface area contributed by atoms with Crippen LogP contribution in [0.4, 0.5) is 11.4 Å². The van der Waals surface area contributed by atoms with Crippen LogP contribution in [0.25, 0.3) is 0 Å². The monoisotopic (exact) mass is 465 g/mol. The van der Waals surface area contributed by atoms with Crippen LogP contribution in [0.3, 0.4) is 0 Å². The number of carbonyl (C=O) groups is 2. The summed E-state index contributed by atoms with van der Waals surface area (Å²) in [5.41, 5.74) is 1.23. The van der Waals surface area contributed by atoms with Crippen LogP contribution in [0, 0.1) is 0 Å². The first-order valence-electron chi connectivity index (χ1n) is 9.72. The largest absolute Gasteiger partial charge is 0.452 e. The maximum atomic E-state index is 12.8. The predicted molar refractivity (Wildman–Crippen MR) is 119 cm³/mol. The summed E-state index contributed by atoms with van der Waals surface area (Å²) in [4.78, 5) is 27.0. The number of sulfonamides is 1. The third-order valence-corrected chi connectivity index (χ3v) is 6.94. The number of nitrogens with one attached hydrogen (secondary N) is 1. The van der Waals surface area contributed by atoms with E-state index in [-0.39, 0.29) is 10.5 Å². The van der Waals surface area contributed by atoms with Gasteiger partial charge in [0.15, 0.2) is 6.61 Å². The standard InChI is InChI=1S/C21H24ClN3O5S/c1-24(2)31(28,29)17-9-10-19(25-11-3-4-12-25)18(13-17)21(27)30-14-20(26)23-16-7-5-15(22)6-8-16/h5-10,13H,3-4,11-12,14H2,1-2H3,(H,23,26). The first-order chi connectivity index (χ1) is 14.7. The minimum Gasteiger partial charge on any atom is -0.452 e. The Morgan fingerprint density at radius 1 is 1.10 bits per heavy atom. The average Bonchev–Trinajstić information content (AvgIpc) is 3.28. The van der Waals surface area contributed by atoms with Gasteiger partial charge >= 0.3 is 5.97 Å². The number of halogens is 1. The van der Waals surface area contributed by atoms with Gasteiger partial charge in [0.25, 0.3) is 5.91 Å². The number of amides is 1. The topological polar surface area (TPSA) is 96.0 Å². The lowest BCUT2D eigenvalue weighted by Gasteiger charge is -2.22. The molecule has 1 saturated heterocycles. The molecule has 0 bridgehead atoms. The third kappa shape index (κ3) is 5.55. The van der Waals surface area contributed by atoms with Crippen molar-refractivity contribution >= 4 is 44.9 Å². The lowest BCUT2D eigenvalue weighted by Crippen LogP contribution is -2.26. The Bertz CT molecular complexity index is 1060. The van der Waals surface area contributed by atoms with E-state index in [4.69, 9.17) is 16.3 Å². The molecule has 1 amide bonds. The van der Waals surface area contributed by atoms with E-state index in [1.54, 1.807) is 30.3 Å². The van der Waals surface area contributed by atoms with Gasteiger partial charge in [0.1, 0.15) is 0 Å². The predicted octanol–water partition coefficient (Wildman–Crippen LogP) is 2.99. The van der Waals surface area contributed by atoms with Crippen LogP contribution in [-0.2, 0) is 19.6 Å². The molecular formula is C21H24ClN3O5S. The molecule has 0 aromatic heterocycles. The SMILES string of the molecule is CN(C)S(=O)(=O)c1ccc(N2CCCC2)c(C(=O)OCC(=O)Nc2ccc(Cl)cc2)c1. The summed E-state index contributed by atoms with van der Waals surface area (Å²) < 4.78 is 31.3. The molecule has 3 rings (SSSR count). The lowest BCUT2D eigenvalue weighted by atomic mass is 10.1. The molecule has 1 aliphatic heterocycles. The van der Waals surface area contributed by atoms with Crippen molar-refractivity contribution in [2.75, 3.05) is 44.0 Å². The highest BCUT2D eigenvalue weighted by atomic mass is 35.5. The molecule has 2 aromatic rings. The number of ether oxygens (including phenoxy) is 1. The van der Waals surface area contributed by atoms with E-state index in [2.05, 4.69) is 5.32 Å². The maximum Gasteiger partial charge on any atom is 0.340 e. The number of hydrogen-bond acceptors (Lipinski definition) is 6.